The van der Waals surface area contributed by atoms with E-state index in [0.717, 1.165) is 35.8 Å². The maximum atomic E-state index is 15.1. The van der Waals surface area contributed by atoms with E-state index in [1.54, 1.807) is 11.8 Å². The van der Waals surface area contributed by atoms with Crippen LogP contribution < -0.4 is 20.3 Å². The van der Waals surface area contributed by atoms with E-state index in [4.69, 9.17) is 11.6 Å². The summed E-state index contributed by atoms with van der Waals surface area (Å²) in [7, 11) is -6.74. The predicted molar refractivity (Wildman–Crippen MR) is 140 cm³/mol. The van der Waals surface area contributed by atoms with Gasteiger partial charge in [-0.15, -0.1) is 11.3 Å². The summed E-state index contributed by atoms with van der Waals surface area (Å²) < 4.78 is 66.5. The van der Waals surface area contributed by atoms with E-state index in [9.17, 15) is 31.2 Å². The van der Waals surface area contributed by atoms with Crippen LogP contribution in [0, 0.1) is 5.82 Å². The Hall–Kier alpha value is -3.53. The molecule has 3 N–H and O–H groups in total. The number of imide groups is 1. The number of halogens is 2. The quantitative estimate of drug-likeness (QED) is 0.363. The van der Waals surface area contributed by atoms with Crippen molar-refractivity contribution in [3.63, 3.8) is 0 Å². The lowest BCUT2D eigenvalue weighted by atomic mass is 9.96. The SMILES string of the molecule is CNc1ccc2c(c1)C(S(C)(=O)=O)C(=O)N(c1ccc(NC(=O)NS(=O)(=O)c3ccc(Cl)s3)cc1F)C2=O. The van der Waals surface area contributed by atoms with Gasteiger partial charge in [0.05, 0.1) is 10.0 Å². The molecule has 4 amide bonds. The number of sulfonamides is 1. The van der Waals surface area contributed by atoms with E-state index < -0.39 is 54.5 Å². The monoisotopic (exact) mass is 600 g/mol. The maximum absolute atomic E-state index is 15.1. The number of nitrogens with zero attached hydrogens (tertiary/aromatic N) is 1. The van der Waals surface area contributed by atoms with Gasteiger partial charge in [-0.1, -0.05) is 11.6 Å². The fraction of sp³-hybridized carbons (Fsp3) is 0.136. The highest BCUT2D eigenvalue weighted by molar-refractivity contribution is 7.92. The average molecular weight is 601 g/mol. The number of urea groups is 1. The number of hydrogen-bond acceptors (Lipinski definition) is 9. The Morgan fingerprint density at radius 3 is 2.29 bits per heavy atom. The first-order valence-corrected chi connectivity index (χ1v) is 15.1. The molecule has 38 heavy (non-hydrogen) atoms. The van der Waals surface area contributed by atoms with Gasteiger partial charge in [-0.2, -0.15) is 0 Å². The van der Waals surface area contributed by atoms with Crippen molar-refractivity contribution in [2.24, 2.45) is 0 Å². The van der Waals surface area contributed by atoms with E-state index >= 15 is 4.39 Å². The van der Waals surface area contributed by atoms with Crippen LogP contribution in [0.25, 0.3) is 0 Å². The molecule has 3 aromatic rings. The lowest BCUT2D eigenvalue weighted by Crippen LogP contribution is -2.47. The van der Waals surface area contributed by atoms with Crippen molar-refractivity contribution in [3.05, 3.63) is 69.8 Å². The zero-order valence-electron chi connectivity index (χ0n) is 19.5. The lowest BCUT2D eigenvalue weighted by Gasteiger charge is -2.32. The van der Waals surface area contributed by atoms with Crippen LogP contribution in [-0.4, -0.2) is 48.0 Å². The van der Waals surface area contributed by atoms with E-state index in [2.05, 4.69) is 10.6 Å². The van der Waals surface area contributed by atoms with Gasteiger partial charge in [0.2, 0.25) is 0 Å². The molecule has 11 nitrogen and oxygen atoms in total. The minimum Gasteiger partial charge on any atom is -0.388 e. The molecule has 0 spiro atoms. The summed E-state index contributed by atoms with van der Waals surface area (Å²) >= 11 is 6.44. The van der Waals surface area contributed by atoms with Gasteiger partial charge in [0.25, 0.3) is 21.8 Å². The highest BCUT2D eigenvalue weighted by Crippen LogP contribution is 2.38. The number of carbonyl (C=O) groups is 3. The number of thiophene rings is 1. The molecule has 200 valence electrons. The Labute approximate surface area is 225 Å². The third-order valence-electron chi connectivity index (χ3n) is 5.42. The standard InChI is InChI=1S/C22H18ClFN4O7S3/c1-25-11-3-5-13-14(9-11)19(37(2,32)33)21(30)28(20(13)29)16-6-4-12(10-15(16)24)26-22(31)27-38(34,35)18-8-7-17(23)36-18/h3-10,19,25H,1-2H3,(H2,26,27,31). The molecule has 1 aliphatic rings. The van der Waals surface area contributed by atoms with E-state index in [1.165, 1.54) is 30.3 Å². The van der Waals surface area contributed by atoms with Gasteiger partial charge >= 0.3 is 6.03 Å². The molecule has 0 saturated carbocycles. The van der Waals surface area contributed by atoms with E-state index in [-0.39, 0.29) is 25.4 Å². The molecule has 4 rings (SSSR count). The Morgan fingerprint density at radius 2 is 1.71 bits per heavy atom. The van der Waals surface area contributed by atoms with Crippen molar-refractivity contribution in [3.8, 4) is 0 Å². The van der Waals surface area contributed by atoms with Crippen LogP contribution in [0.1, 0.15) is 21.2 Å². The van der Waals surface area contributed by atoms with Crippen molar-refractivity contribution >= 4 is 77.7 Å². The number of anilines is 3. The number of benzene rings is 2. The molecule has 1 aromatic heterocycles. The minimum atomic E-state index is -4.24. The average Bonchev–Trinajstić information content (AvgIpc) is 3.26. The number of nitrogens with one attached hydrogen (secondary N) is 3. The van der Waals surface area contributed by atoms with Gasteiger partial charge in [0, 0.05) is 30.2 Å². The number of amides is 4. The number of fused-ring (bicyclic) bond motifs is 1. The second-order valence-corrected chi connectivity index (χ2v) is 13.8. The Balaban J connectivity index is 1.63. The maximum Gasteiger partial charge on any atom is 0.333 e. The van der Waals surface area contributed by atoms with Crippen molar-refractivity contribution < 1.29 is 35.6 Å². The zero-order chi connectivity index (χ0) is 28.0. The summed E-state index contributed by atoms with van der Waals surface area (Å²) in [6.07, 6.45) is 0.833. The van der Waals surface area contributed by atoms with Crippen LogP contribution in [0.4, 0.5) is 26.2 Å². The summed E-state index contributed by atoms with van der Waals surface area (Å²) in [5.74, 6) is -3.26. The molecule has 16 heteroatoms. The zero-order valence-corrected chi connectivity index (χ0v) is 22.7. The number of hydrogen-bond donors (Lipinski definition) is 3. The molecule has 0 aliphatic carbocycles. The van der Waals surface area contributed by atoms with Crippen LogP contribution in [-0.2, 0) is 24.7 Å². The largest absolute Gasteiger partial charge is 0.388 e. The number of sulfone groups is 1. The third-order valence-corrected chi connectivity index (χ3v) is 9.78. The summed E-state index contributed by atoms with van der Waals surface area (Å²) in [4.78, 5) is 39.1. The van der Waals surface area contributed by atoms with Crippen LogP contribution >= 0.6 is 22.9 Å². The Morgan fingerprint density at radius 1 is 1.03 bits per heavy atom. The first-order chi connectivity index (χ1) is 17.7. The minimum absolute atomic E-state index is 0.0331. The Kier molecular flexibility index (Phi) is 7.22. The van der Waals surface area contributed by atoms with Crippen molar-refractivity contribution in [2.45, 2.75) is 9.46 Å². The summed E-state index contributed by atoms with van der Waals surface area (Å²) in [6, 6.07) is 8.38. The predicted octanol–water partition coefficient (Wildman–Crippen LogP) is 3.37. The molecule has 0 saturated heterocycles. The lowest BCUT2D eigenvalue weighted by molar-refractivity contribution is -0.118. The molecule has 2 heterocycles. The third kappa shape index (κ3) is 5.22. The molecule has 0 fully saturated rings. The van der Waals surface area contributed by atoms with E-state index in [0.29, 0.717) is 10.6 Å². The normalized spacial score (nSPS) is 15.7. The molecule has 1 atom stereocenters. The van der Waals surface area contributed by atoms with Crippen molar-refractivity contribution in [1.29, 1.82) is 0 Å². The van der Waals surface area contributed by atoms with Crippen molar-refractivity contribution in [2.75, 3.05) is 28.8 Å². The van der Waals surface area contributed by atoms with Crippen LogP contribution in [0.15, 0.2) is 52.7 Å². The summed E-state index contributed by atoms with van der Waals surface area (Å²) in [6.45, 7) is 0. The second kappa shape index (κ2) is 9.98. The van der Waals surface area contributed by atoms with E-state index in [1.807, 2.05) is 0 Å². The van der Waals surface area contributed by atoms with Gasteiger partial charge in [-0.05, 0) is 54.1 Å². The second-order valence-electron chi connectivity index (χ2n) is 8.02. The molecule has 2 aromatic carbocycles. The number of rotatable bonds is 6. The summed E-state index contributed by atoms with van der Waals surface area (Å²) in [5.41, 5.74) is -0.425. The molecular formula is C22H18ClFN4O7S3. The highest BCUT2D eigenvalue weighted by Gasteiger charge is 2.45. The molecule has 0 radical (unpaired) electrons. The molecule has 1 unspecified atom stereocenters. The highest BCUT2D eigenvalue weighted by atomic mass is 35.5. The number of carbonyl (C=O) groups excluding carboxylic acids is 3. The molecule has 0 bridgehead atoms. The van der Waals surface area contributed by atoms with Gasteiger partial charge < -0.3 is 10.6 Å². The first kappa shape index (κ1) is 27.5. The van der Waals surface area contributed by atoms with Gasteiger partial charge in [0.1, 0.15) is 10.0 Å². The Bertz CT molecular complexity index is 1710. The fourth-order valence-electron chi connectivity index (χ4n) is 3.78. The molecule has 1 aliphatic heterocycles. The first-order valence-electron chi connectivity index (χ1n) is 10.5. The van der Waals surface area contributed by atoms with Crippen LogP contribution in [0.5, 0.6) is 0 Å². The van der Waals surface area contributed by atoms with Crippen molar-refractivity contribution in [1.82, 2.24) is 4.72 Å². The van der Waals surface area contributed by atoms with Crippen LogP contribution in [0.3, 0.4) is 0 Å². The van der Waals surface area contributed by atoms with Gasteiger partial charge in [-0.25, -0.2) is 35.6 Å². The smallest absolute Gasteiger partial charge is 0.333 e. The van der Waals surface area contributed by atoms with Crippen LogP contribution in [0.2, 0.25) is 4.34 Å². The summed E-state index contributed by atoms with van der Waals surface area (Å²) in [5, 5.41) is 3.18. The topological polar surface area (TPSA) is 159 Å². The molecular weight excluding hydrogens is 583 g/mol. The van der Waals surface area contributed by atoms with Gasteiger partial charge in [-0.3, -0.25) is 9.59 Å². The fourth-order valence-corrected chi connectivity index (χ4v) is 7.30. The van der Waals surface area contributed by atoms with Gasteiger partial charge in [0.15, 0.2) is 15.1 Å².